The van der Waals surface area contributed by atoms with E-state index in [9.17, 15) is 0 Å². The Bertz CT molecular complexity index is 318. The van der Waals surface area contributed by atoms with Crippen molar-refractivity contribution in [3.63, 3.8) is 0 Å². The van der Waals surface area contributed by atoms with Gasteiger partial charge in [-0.3, -0.25) is 0 Å². The Morgan fingerprint density at radius 1 is 1.12 bits per heavy atom. The Labute approximate surface area is 115 Å². The van der Waals surface area contributed by atoms with E-state index >= 15 is 0 Å². The van der Waals surface area contributed by atoms with Gasteiger partial charge in [0, 0.05) is 5.33 Å². The standard InChI is InChI=1S/C16H25Br/c1-5-6-15(11-16(2,3)4)14-9-7-13(12-17)8-10-14/h7-10,15H,5-6,11-12H2,1-4H3. The first kappa shape index (κ1) is 14.8. The van der Waals surface area contributed by atoms with Gasteiger partial charge in [-0.15, -0.1) is 0 Å². The summed E-state index contributed by atoms with van der Waals surface area (Å²) in [5.74, 6) is 0.712. The van der Waals surface area contributed by atoms with Crippen LogP contribution in [0.2, 0.25) is 0 Å². The van der Waals surface area contributed by atoms with E-state index in [1.54, 1.807) is 0 Å². The van der Waals surface area contributed by atoms with Gasteiger partial charge in [0.15, 0.2) is 0 Å². The molecule has 0 aromatic heterocycles. The molecule has 0 radical (unpaired) electrons. The van der Waals surface area contributed by atoms with Crippen LogP contribution in [0.5, 0.6) is 0 Å². The SMILES string of the molecule is CCCC(CC(C)(C)C)c1ccc(CBr)cc1. The van der Waals surface area contributed by atoms with E-state index in [2.05, 4.69) is 67.9 Å². The van der Waals surface area contributed by atoms with Crippen LogP contribution >= 0.6 is 15.9 Å². The molecular formula is C16H25Br. The molecular weight excluding hydrogens is 272 g/mol. The molecule has 0 nitrogen and oxygen atoms in total. The lowest BCUT2D eigenvalue weighted by atomic mass is 9.79. The third-order valence-electron chi connectivity index (χ3n) is 3.10. The molecule has 96 valence electrons. The molecule has 1 aromatic carbocycles. The maximum absolute atomic E-state index is 3.50. The second kappa shape index (κ2) is 6.58. The minimum Gasteiger partial charge on any atom is -0.0876 e. The normalized spacial score (nSPS) is 13.7. The van der Waals surface area contributed by atoms with Crippen LogP contribution in [0.3, 0.4) is 0 Å². The molecule has 1 aromatic rings. The maximum Gasteiger partial charge on any atom is 0.0283 e. The van der Waals surface area contributed by atoms with Gasteiger partial charge in [-0.1, -0.05) is 74.3 Å². The van der Waals surface area contributed by atoms with Gasteiger partial charge < -0.3 is 0 Å². The van der Waals surface area contributed by atoms with Crippen molar-refractivity contribution in [1.29, 1.82) is 0 Å². The molecule has 0 amide bonds. The fourth-order valence-electron chi connectivity index (χ4n) is 2.35. The average molecular weight is 297 g/mol. The highest BCUT2D eigenvalue weighted by Gasteiger charge is 2.19. The molecule has 1 rings (SSSR count). The molecule has 0 bridgehead atoms. The summed E-state index contributed by atoms with van der Waals surface area (Å²) in [4.78, 5) is 0. The molecule has 1 unspecified atom stereocenters. The first-order chi connectivity index (χ1) is 7.96. The van der Waals surface area contributed by atoms with E-state index in [1.807, 2.05) is 0 Å². The number of alkyl halides is 1. The predicted octanol–water partition coefficient (Wildman–Crippen LogP) is 5.90. The van der Waals surface area contributed by atoms with Crippen molar-refractivity contribution in [3.05, 3.63) is 35.4 Å². The number of hydrogen-bond acceptors (Lipinski definition) is 0. The summed E-state index contributed by atoms with van der Waals surface area (Å²) in [5.41, 5.74) is 3.28. The molecule has 0 fully saturated rings. The third-order valence-corrected chi connectivity index (χ3v) is 3.75. The second-order valence-electron chi connectivity index (χ2n) is 6.13. The van der Waals surface area contributed by atoms with E-state index in [-0.39, 0.29) is 0 Å². The van der Waals surface area contributed by atoms with E-state index in [1.165, 1.54) is 30.4 Å². The van der Waals surface area contributed by atoms with Gasteiger partial charge in [-0.2, -0.15) is 0 Å². The van der Waals surface area contributed by atoms with Crippen LogP contribution < -0.4 is 0 Å². The topological polar surface area (TPSA) is 0 Å². The smallest absolute Gasteiger partial charge is 0.0283 e. The largest absolute Gasteiger partial charge is 0.0876 e. The molecule has 0 N–H and O–H groups in total. The summed E-state index contributed by atoms with van der Waals surface area (Å²) in [6.45, 7) is 9.29. The fraction of sp³-hybridized carbons (Fsp3) is 0.625. The lowest BCUT2D eigenvalue weighted by Crippen LogP contribution is -2.12. The molecule has 0 heterocycles. The number of benzene rings is 1. The predicted molar refractivity (Wildman–Crippen MR) is 80.8 cm³/mol. The summed E-state index contributed by atoms with van der Waals surface area (Å²) >= 11 is 3.50. The molecule has 1 atom stereocenters. The van der Waals surface area contributed by atoms with Crippen molar-refractivity contribution in [3.8, 4) is 0 Å². The molecule has 0 saturated carbocycles. The summed E-state index contributed by atoms with van der Waals surface area (Å²) in [5, 5.41) is 0.949. The monoisotopic (exact) mass is 296 g/mol. The van der Waals surface area contributed by atoms with Gasteiger partial charge in [0.25, 0.3) is 0 Å². The summed E-state index contributed by atoms with van der Waals surface area (Å²) in [6, 6.07) is 9.11. The van der Waals surface area contributed by atoms with Gasteiger partial charge in [-0.05, 0) is 35.3 Å². The van der Waals surface area contributed by atoms with Crippen molar-refractivity contribution in [1.82, 2.24) is 0 Å². The molecule has 17 heavy (non-hydrogen) atoms. The molecule has 1 heteroatoms. The summed E-state index contributed by atoms with van der Waals surface area (Å²) in [6.07, 6.45) is 3.83. The second-order valence-corrected chi connectivity index (χ2v) is 6.69. The molecule has 0 spiro atoms. The zero-order chi connectivity index (χ0) is 12.9. The Morgan fingerprint density at radius 2 is 1.71 bits per heavy atom. The lowest BCUT2D eigenvalue weighted by molar-refractivity contribution is 0.330. The minimum atomic E-state index is 0.411. The van der Waals surface area contributed by atoms with Gasteiger partial charge in [-0.25, -0.2) is 0 Å². The Kier molecular flexibility index (Phi) is 5.72. The van der Waals surface area contributed by atoms with E-state index in [0.29, 0.717) is 11.3 Å². The van der Waals surface area contributed by atoms with Crippen LogP contribution in [0.1, 0.15) is 64.0 Å². The van der Waals surface area contributed by atoms with Crippen molar-refractivity contribution in [2.24, 2.45) is 5.41 Å². The fourth-order valence-corrected chi connectivity index (χ4v) is 2.73. The van der Waals surface area contributed by atoms with Crippen LogP contribution in [-0.2, 0) is 5.33 Å². The van der Waals surface area contributed by atoms with Crippen LogP contribution in [0.15, 0.2) is 24.3 Å². The highest BCUT2D eigenvalue weighted by Crippen LogP contribution is 2.34. The number of rotatable bonds is 5. The first-order valence-corrected chi connectivity index (χ1v) is 7.73. The van der Waals surface area contributed by atoms with Crippen molar-refractivity contribution in [2.45, 2.75) is 58.2 Å². The summed E-state index contributed by atoms with van der Waals surface area (Å²) < 4.78 is 0. The van der Waals surface area contributed by atoms with Gasteiger partial charge in [0.05, 0.1) is 0 Å². The molecule has 0 aliphatic heterocycles. The lowest BCUT2D eigenvalue weighted by Gasteiger charge is -2.26. The van der Waals surface area contributed by atoms with Crippen molar-refractivity contribution in [2.75, 3.05) is 0 Å². The Morgan fingerprint density at radius 3 is 2.12 bits per heavy atom. The highest BCUT2D eigenvalue weighted by molar-refractivity contribution is 9.08. The molecule has 0 aliphatic rings. The number of halogens is 1. The third kappa shape index (κ3) is 5.25. The van der Waals surface area contributed by atoms with E-state index < -0.39 is 0 Å². The van der Waals surface area contributed by atoms with Crippen molar-refractivity contribution < 1.29 is 0 Å². The van der Waals surface area contributed by atoms with Crippen LogP contribution in [-0.4, -0.2) is 0 Å². The summed E-state index contributed by atoms with van der Waals surface area (Å²) in [7, 11) is 0. The van der Waals surface area contributed by atoms with E-state index in [4.69, 9.17) is 0 Å². The maximum atomic E-state index is 3.50. The van der Waals surface area contributed by atoms with Gasteiger partial charge >= 0.3 is 0 Å². The average Bonchev–Trinajstić information content (AvgIpc) is 2.27. The van der Waals surface area contributed by atoms with Crippen LogP contribution in [0.25, 0.3) is 0 Å². The first-order valence-electron chi connectivity index (χ1n) is 6.61. The minimum absolute atomic E-state index is 0.411. The van der Waals surface area contributed by atoms with Crippen molar-refractivity contribution >= 4 is 15.9 Å². The zero-order valence-corrected chi connectivity index (χ0v) is 13.2. The van der Waals surface area contributed by atoms with E-state index in [0.717, 1.165) is 5.33 Å². The Hall–Kier alpha value is -0.300. The van der Waals surface area contributed by atoms with Gasteiger partial charge in [0.1, 0.15) is 0 Å². The molecule has 0 saturated heterocycles. The molecule has 0 aliphatic carbocycles. The zero-order valence-electron chi connectivity index (χ0n) is 11.6. The van der Waals surface area contributed by atoms with Gasteiger partial charge in [0.2, 0.25) is 0 Å². The Balaban J connectivity index is 2.81. The van der Waals surface area contributed by atoms with Crippen LogP contribution in [0, 0.1) is 5.41 Å². The number of hydrogen-bond donors (Lipinski definition) is 0. The quantitative estimate of drug-likeness (QED) is 0.593. The highest BCUT2D eigenvalue weighted by atomic mass is 79.9. The van der Waals surface area contributed by atoms with Crippen LogP contribution in [0.4, 0.5) is 0 Å².